The maximum Gasteiger partial charge on any atom is 0.184 e. The van der Waals surface area contributed by atoms with Gasteiger partial charge in [-0.25, -0.2) is 4.39 Å². The average molecular weight is 198 g/mol. The lowest BCUT2D eigenvalue weighted by Crippen LogP contribution is -2.24. The first kappa shape index (κ1) is 9.53. The van der Waals surface area contributed by atoms with Crippen molar-refractivity contribution in [2.75, 3.05) is 0 Å². The molecule has 6 heteroatoms. The third-order valence-electron chi connectivity index (χ3n) is 1.12. The van der Waals surface area contributed by atoms with Crippen LogP contribution in [0, 0.1) is 5.82 Å². The van der Waals surface area contributed by atoms with E-state index in [1.54, 1.807) is 0 Å². The molecule has 0 unspecified atom stereocenters. The lowest BCUT2D eigenvalue weighted by atomic mass is 10.4. The van der Waals surface area contributed by atoms with Crippen LogP contribution in [0.1, 0.15) is 5.69 Å². The smallest absolute Gasteiger partial charge is 0.184 e. The Balaban J connectivity index is 2.59. The molecule has 0 saturated carbocycles. The number of nitrogens with zero attached hydrogens (tertiary/aromatic N) is 2. The molecule has 1 rings (SSSR count). The molecule has 1 aromatic heterocycles. The van der Waals surface area contributed by atoms with Gasteiger partial charge in [0.1, 0.15) is 5.82 Å². The molecule has 0 fully saturated rings. The van der Waals surface area contributed by atoms with Crippen molar-refractivity contribution >= 4 is 23.5 Å². The highest BCUT2D eigenvalue weighted by Gasteiger charge is 1.90. The van der Waals surface area contributed by atoms with Gasteiger partial charge in [0.15, 0.2) is 5.11 Å². The maximum absolute atomic E-state index is 12.4. The number of halogens is 1. The number of nitrogens with two attached hydrogens (primary N) is 1. The van der Waals surface area contributed by atoms with Crippen LogP contribution in [0.3, 0.4) is 0 Å². The van der Waals surface area contributed by atoms with Crippen LogP contribution in [0.15, 0.2) is 23.4 Å². The number of thiocarbonyl (C=S) groups is 1. The number of rotatable bonds is 2. The summed E-state index contributed by atoms with van der Waals surface area (Å²) in [5.41, 5.74) is 7.98. The Bertz CT molecular complexity index is 322. The summed E-state index contributed by atoms with van der Waals surface area (Å²) in [5, 5.41) is 3.71. The molecule has 0 atom stereocenters. The molecule has 0 aliphatic rings. The summed E-state index contributed by atoms with van der Waals surface area (Å²) < 4.78 is 12.4. The Morgan fingerprint density at radius 1 is 1.69 bits per heavy atom. The van der Waals surface area contributed by atoms with Crippen molar-refractivity contribution in [1.29, 1.82) is 0 Å². The van der Waals surface area contributed by atoms with E-state index in [0.717, 1.165) is 6.20 Å². The standard InChI is InChI=1S/C7H7FN4S/c8-5-1-2-6(10-3-5)4-11-12-7(9)13/h1-4H,(H3,9,12,13). The van der Waals surface area contributed by atoms with Crippen LogP contribution in [0.25, 0.3) is 0 Å². The summed E-state index contributed by atoms with van der Waals surface area (Å²) >= 11 is 4.50. The van der Waals surface area contributed by atoms with Crippen LogP contribution < -0.4 is 11.2 Å². The molecular weight excluding hydrogens is 191 g/mol. The van der Waals surface area contributed by atoms with Gasteiger partial charge in [-0.15, -0.1) is 0 Å². The number of hydrogen-bond acceptors (Lipinski definition) is 3. The molecule has 0 aromatic carbocycles. The molecule has 13 heavy (non-hydrogen) atoms. The summed E-state index contributed by atoms with van der Waals surface area (Å²) in [5.74, 6) is -0.389. The minimum absolute atomic E-state index is 0.0679. The molecule has 0 radical (unpaired) electrons. The lowest BCUT2D eigenvalue weighted by molar-refractivity contribution is 0.621. The summed E-state index contributed by atoms with van der Waals surface area (Å²) in [6.07, 6.45) is 2.49. The van der Waals surface area contributed by atoms with Gasteiger partial charge in [0.25, 0.3) is 0 Å². The van der Waals surface area contributed by atoms with Gasteiger partial charge in [-0.05, 0) is 24.4 Å². The second-order valence-electron chi connectivity index (χ2n) is 2.14. The zero-order valence-corrected chi connectivity index (χ0v) is 7.38. The molecule has 0 aliphatic heterocycles. The van der Waals surface area contributed by atoms with Gasteiger partial charge in [-0.3, -0.25) is 10.4 Å². The van der Waals surface area contributed by atoms with E-state index in [9.17, 15) is 4.39 Å². The van der Waals surface area contributed by atoms with E-state index in [4.69, 9.17) is 5.73 Å². The number of aromatic nitrogens is 1. The predicted octanol–water partition coefficient (Wildman–Crippen LogP) is 0.388. The fraction of sp³-hybridized carbons (Fsp3) is 0. The SMILES string of the molecule is NC(=S)NN=Cc1ccc(F)cn1. The van der Waals surface area contributed by atoms with E-state index in [0.29, 0.717) is 5.69 Å². The summed E-state index contributed by atoms with van der Waals surface area (Å²) in [6.45, 7) is 0. The Kier molecular flexibility index (Phi) is 3.27. The third kappa shape index (κ3) is 3.57. The monoisotopic (exact) mass is 198 g/mol. The summed E-state index contributed by atoms with van der Waals surface area (Å²) in [7, 11) is 0. The second kappa shape index (κ2) is 4.46. The van der Waals surface area contributed by atoms with Crippen LogP contribution >= 0.6 is 12.2 Å². The Labute approximate surface area is 79.7 Å². The number of nitrogens with one attached hydrogen (secondary N) is 1. The minimum Gasteiger partial charge on any atom is -0.375 e. The van der Waals surface area contributed by atoms with Gasteiger partial charge >= 0.3 is 0 Å². The van der Waals surface area contributed by atoms with Crippen LogP contribution in [-0.2, 0) is 0 Å². The Morgan fingerprint density at radius 2 is 2.46 bits per heavy atom. The minimum atomic E-state index is -0.389. The highest BCUT2D eigenvalue weighted by molar-refractivity contribution is 7.80. The Morgan fingerprint density at radius 3 is 3.00 bits per heavy atom. The number of pyridine rings is 1. The van der Waals surface area contributed by atoms with Crippen molar-refractivity contribution in [3.63, 3.8) is 0 Å². The van der Waals surface area contributed by atoms with E-state index in [2.05, 4.69) is 27.7 Å². The molecule has 0 saturated heterocycles. The quantitative estimate of drug-likeness (QED) is 0.410. The zero-order chi connectivity index (χ0) is 9.68. The van der Waals surface area contributed by atoms with Crippen molar-refractivity contribution in [2.24, 2.45) is 10.8 Å². The van der Waals surface area contributed by atoms with E-state index < -0.39 is 0 Å². The van der Waals surface area contributed by atoms with Gasteiger partial charge in [-0.1, -0.05) is 0 Å². The summed E-state index contributed by atoms with van der Waals surface area (Å²) in [4.78, 5) is 3.73. The van der Waals surface area contributed by atoms with Crippen molar-refractivity contribution in [3.8, 4) is 0 Å². The first-order valence-electron chi connectivity index (χ1n) is 3.38. The third-order valence-corrected chi connectivity index (χ3v) is 1.21. The number of hydrogen-bond donors (Lipinski definition) is 2. The molecule has 0 amide bonds. The molecular formula is C7H7FN4S. The molecule has 4 nitrogen and oxygen atoms in total. The highest BCUT2D eigenvalue weighted by Crippen LogP contribution is 1.94. The van der Waals surface area contributed by atoms with E-state index >= 15 is 0 Å². The van der Waals surface area contributed by atoms with Crippen molar-refractivity contribution in [2.45, 2.75) is 0 Å². The van der Waals surface area contributed by atoms with Crippen molar-refractivity contribution in [3.05, 3.63) is 29.8 Å². The molecule has 1 heterocycles. The maximum atomic E-state index is 12.4. The fourth-order valence-electron chi connectivity index (χ4n) is 0.626. The largest absolute Gasteiger partial charge is 0.375 e. The molecule has 3 N–H and O–H groups in total. The van der Waals surface area contributed by atoms with Gasteiger partial charge < -0.3 is 5.73 Å². The van der Waals surface area contributed by atoms with E-state index in [1.807, 2.05) is 0 Å². The van der Waals surface area contributed by atoms with E-state index in [-0.39, 0.29) is 10.9 Å². The van der Waals surface area contributed by atoms with Gasteiger partial charge in [-0.2, -0.15) is 5.10 Å². The van der Waals surface area contributed by atoms with Crippen LogP contribution in [0.5, 0.6) is 0 Å². The molecule has 1 aromatic rings. The van der Waals surface area contributed by atoms with Crippen molar-refractivity contribution in [1.82, 2.24) is 10.4 Å². The molecule has 0 aliphatic carbocycles. The summed E-state index contributed by atoms with van der Waals surface area (Å²) in [6, 6.07) is 2.77. The van der Waals surface area contributed by atoms with Crippen LogP contribution in [0.4, 0.5) is 4.39 Å². The normalized spacial score (nSPS) is 10.2. The molecule has 0 bridgehead atoms. The fourth-order valence-corrected chi connectivity index (χ4v) is 0.678. The second-order valence-corrected chi connectivity index (χ2v) is 2.58. The number of hydrazone groups is 1. The van der Waals surface area contributed by atoms with Gasteiger partial charge in [0, 0.05) is 0 Å². The molecule has 68 valence electrons. The Hall–Kier alpha value is -1.56. The van der Waals surface area contributed by atoms with Gasteiger partial charge in [0.05, 0.1) is 18.1 Å². The van der Waals surface area contributed by atoms with Gasteiger partial charge in [0.2, 0.25) is 0 Å². The topological polar surface area (TPSA) is 63.3 Å². The first-order valence-corrected chi connectivity index (χ1v) is 3.79. The van der Waals surface area contributed by atoms with Crippen molar-refractivity contribution < 1.29 is 4.39 Å². The van der Waals surface area contributed by atoms with Crippen LogP contribution in [0.2, 0.25) is 0 Å². The zero-order valence-electron chi connectivity index (χ0n) is 6.57. The first-order chi connectivity index (χ1) is 6.18. The van der Waals surface area contributed by atoms with Crippen LogP contribution in [-0.4, -0.2) is 16.3 Å². The molecule has 0 spiro atoms. The predicted molar refractivity (Wildman–Crippen MR) is 51.7 cm³/mol. The van der Waals surface area contributed by atoms with E-state index in [1.165, 1.54) is 18.3 Å². The average Bonchev–Trinajstić information content (AvgIpc) is 2.08. The highest BCUT2D eigenvalue weighted by atomic mass is 32.1. The lowest BCUT2D eigenvalue weighted by Gasteiger charge is -1.93.